The molecule has 1 aromatic rings. The number of carbonyl (C=O) groups is 1. The molecule has 154 valence electrons. The summed E-state index contributed by atoms with van der Waals surface area (Å²) in [6.07, 6.45) is -4.29. The number of thiol groups is 1. The first-order valence-corrected chi connectivity index (χ1v) is 9.27. The number of nitriles is 1. The van der Waals surface area contributed by atoms with Crippen molar-refractivity contribution in [3.05, 3.63) is 28.5 Å². The Bertz CT molecular complexity index is 888. The van der Waals surface area contributed by atoms with E-state index in [1.54, 1.807) is 0 Å². The number of rotatable bonds is 7. The molecule has 1 fully saturated rings. The van der Waals surface area contributed by atoms with Crippen LogP contribution in [-0.4, -0.2) is 43.1 Å². The van der Waals surface area contributed by atoms with E-state index < -0.39 is 57.2 Å². The van der Waals surface area contributed by atoms with Crippen molar-refractivity contribution >= 4 is 28.4 Å². The summed E-state index contributed by atoms with van der Waals surface area (Å²) in [5, 5.41) is 11.2. The standard InChI is InChI=1S/C15H14ClF4N3O4S/c1-8(23(28(25)26)15(18,19)20)6-27-12-4-9(10(16)5-11(12)17)13(24)22-14(7-21)2-3-14/h4-5,8,28H,2-3,6H2,1H3,(H,22,24)/t8-/m0/s1. The Morgan fingerprint density at radius 3 is 2.54 bits per heavy atom. The monoisotopic (exact) mass is 443 g/mol. The third-order valence-electron chi connectivity index (χ3n) is 3.92. The third-order valence-corrected chi connectivity index (χ3v) is 5.20. The van der Waals surface area contributed by atoms with Gasteiger partial charge in [0.1, 0.15) is 12.1 Å². The second kappa shape index (κ2) is 8.10. The molecule has 1 atom stereocenters. The number of alkyl halides is 3. The molecule has 28 heavy (non-hydrogen) atoms. The first kappa shape index (κ1) is 22.2. The van der Waals surface area contributed by atoms with E-state index in [9.17, 15) is 30.8 Å². The van der Waals surface area contributed by atoms with Gasteiger partial charge in [-0.05, 0) is 31.9 Å². The molecule has 0 spiro atoms. The summed E-state index contributed by atoms with van der Waals surface area (Å²) in [5.74, 6) is -2.42. The SMILES string of the molecule is C[C@@H](COc1cc(C(=O)NC2(C#N)CC2)c(Cl)cc1F)N([SH](=O)=O)C(F)(F)F. The second-order valence-electron chi connectivity index (χ2n) is 6.12. The number of nitrogens with one attached hydrogen (secondary N) is 1. The van der Waals surface area contributed by atoms with Gasteiger partial charge in [-0.3, -0.25) is 4.79 Å². The highest BCUT2D eigenvalue weighted by molar-refractivity contribution is 7.69. The van der Waals surface area contributed by atoms with Crippen LogP contribution in [0.25, 0.3) is 0 Å². The topological polar surface area (TPSA) is 99.5 Å². The van der Waals surface area contributed by atoms with E-state index in [4.69, 9.17) is 21.6 Å². The zero-order chi connectivity index (χ0) is 21.3. The maximum Gasteiger partial charge on any atom is 0.473 e. The zero-order valence-corrected chi connectivity index (χ0v) is 15.9. The van der Waals surface area contributed by atoms with Crippen LogP contribution in [0.4, 0.5) is 17.6 Å². The molecule has 1 aliphatic carbocycles. The first-order chi connectivity index (χ1) is 12.9. The molecule has 1 N–H and O–H groups in total. The van der Waals surface area contributed by atoms with Crippen LogP contribution in [0.2, 0.25) is 5.02 Å². The van der Waals surface area contributed by atoms with Crippen LogP contribution < -0.4 is 10.1 Å². The van der Waals surface area contributed by atoms with E-state index in [1.165, 1.54) is 0 Å². The summed E-state index contributed by atoms with van der Waals surface area (Å²) in [6.45, 7) is 0.0778. The number of benzene rings is 1. The Balaban J connectivity index is 2.18. The van der Waals surface area contributed by atoms with Crippen molar-refractivity contribution in [3.8, 4) is 11.8 Å². The van der Waals surface area contributed by atoms with Crippen LogP contribution in [0.1, 0.15) is 30.1 Å². The van der Waals surface area contributed by atoms with E-state index in [-0.39, 0.29) is 10.6 Å². The molecule has 7 nitrogen and oxygen atoms in total. The number of amides is 1. The minimum Gasteiger partial charge on any atom is -0.489 e. The first-order valence-electron chi connectivity index (χ1n) is 7.76. The van der Waals surface area contributed by atoms with E-state index in [1.807, 2.05) is 6.07 Å². The van der Waals surface area contributed by atoms with Crippen molar-refractivity contribution < 1.29 is 35.5 Å². The van der Waals surface area contributed by atoms with Gasteiger partial charge in [0.05, 0.1) is 22.7 Å². The van der Waals surface area contributed by atoms with Crippen molar-refractivity contribution in [2.75, 3.05) is 6.61 Å². The number of carbonyl (C=O) groups excluding carboxylic acids is 1. The highest BCUT2D eigenvalue weighted by atomic mass is 35.5. The van der Waals surface area contributed by atoms with Crippen molar-refractivity contribution in [3.63, 3.8) is 0 Å². The van der Waals surface area contributed by atoms with E-state index in [0.29, 0.717) is 12.8 Å². The molecule has 1 aliphatic rings. The van der Waals surface area contributed by atoms with Crippen LogP contribution in [0.3, 0.4) is 0 Å². The third kappa shape index (κ3) is 5.03. The predicted octanol–water partition coefficient (Wildman–Crippen LogP) is 2.38. The van der Waals surface area contributed by atoms with Crippen LogP contribution in [0.5, 0.6) is 5.75 Å². The highest BCUT2D eigenvalue weighted by Crippen LogP contribution is 2.35. The van der Waals surface area contributed by atoms with Crippen molar-refractivity contribution in [1.29, 1.82) is 5.26 Å². The summed E-state index contributed by atoms with van der Waals surface area (Å²) in [5.41, 5.74) is -1.26. The predicted molar refractivity (Wildman–Crippen MR) is 89.6 cm³/mol. The molecule has 0 aliphatic heterocycles. The summed E-state index contributed by atoms with van der Waals surface area (Å²) in [7, 11) is -3.99. The fourth-order valence-corrected chi connectivity index (χ4v) is 3.08. The van der Waals surface area contributed by atoms with Gasteiger partial charge in [-0.2, -0.15) is 18.4 Å². The number of hydrogen-bond acceptors (Lipinski definition) is 5. The van der Waals surface area contributed by atoms with Crippen molar-refractivity contribution in [2.24, 2.45) is 0 Å². The quantitative estimate of drug-likeness (QED) is 0.383. The molecule has 1 aromatic carbocycles. The fourth-order valence-electron chi connectivity index (χ4n) is 2.27. The lowest BCUT2D eigenvalue weighted by atomic mass is 10.1. The number of ether oxygens (including phenoxy) is 1. The lowest BCUT2D eigenvalue weighted by Crippen LogP contribution is -2.45. The normalized spacial score (nSPS) is 16.5. The van der Waals surface area contributed by atoms with Gasteiger partial charge >= 0.3 is 6.30 Å². The van der Waals surface area contributed by atoms with E-state index in [2.05, 4.69) is 5.32 Å². The minimum absolute atomic E-state index is 0.241. The summed E-state index contributed by atoms with van der Waals surface area (Å²) >= 11 is 5.83. The summed E-state index contributed by atoms with van der Waals surface area (Å²) in [4.78, 5) is 12.2. The largest absolute Gasteiger partial charge is 0.489 e. The second-order valence-corrected chi connectivity index (χ2v) is 7.43. The molecule has 0 aromatic heterocycles. The van der Waals surface area contributed by atoms with Gasteiger partial charge in [0.15, 0.2) is 11.6 Å². The lowest BCUT2D eigenvalue weighted by Gasteiger charge is -2.25. The maximum atomic E-state index is 14.0. The van der Waals surface area contributed by atoms with Crippen LogP contribution in [0, 0.1) is 17.1 Å². The number of hydrogen-bond donors (Lipinski definition) is 2. The van der Waals surface area contributed by atoms with E-state index in [0.717, 1.165) is 19.1 Å². The fraction of sp³-hybridized carbons (Fsp3) is 0.467. The molecule has 1 amide bonds. The molecule has 0 heterocycles. The lowest BCUT2D eigenvalue weighted by molar-refractivity contribution is -0.220. The number of nitrogens with zero attached hydrogens (tertiary/aromatic N) is 2. The van der Waals surface area contributed by atoms with Crippen LogP contribution in [0.15, 0.2) is 12.1 Å². The Kier molecular flexibility index (Phi) is 6.42. The molecule has 1 saturated carbocycles. The Morgan fingerprint density at radius 2 is 2.07 bits per heavy atom. The average Bonchev–Trinajstić information content (AvgIpc) is 3.32. The van der Waals surface area contributed by atoms with E-state index >= 15 is 0 Å². The van der Waals surface area contributed by atoms with Crippen LogP contribution >= 0.6 is 11.6 Å². The minimum atomic E-state index is -5.17. The van der Waals surface area contributed by atoms with Crippen molar-refractivity contribution in [1.82, 2.24) is 9.62 Å². The number of halogens is 5. The summed E-state index contributed by atoms with van der Waals surface area (Å²) in [6, 6.07) is 1.84. The van der Waals surface area contributed by atoms with Gasteiger partial charge in [0.25, 0.3) is 5.91 Å². The van der Waals surface area contributed by atoms with Gasteiger partial charge in [-0.1, -0.05) is 11.6 Å². The molecule has 2 rings (SSSR count). The van der Waals surface area contributed by atoms with Gasteiger partial charge in [0.2, 0.25) is 10.9 Å². The summed E-state index contributed by atoms with van der Waals surface area (Å²) < 4.78 is 78.2. The van der Waals surface area contributed by atoms with Gasteiger partial charge < -0.3 is 10.1 Å². The van der Waals surface area contributed by atoms with Crippen LogP contribution in [-0.2, 0) is 10.9 Å². The molecule has 0 bridgehead atoms. The van der Waals surface area contributed by atoms with Gasteiger partial charge in [0, 0.05) is 0 Å². The van der Waals surface area contributed by atoms with Gasteiger partial charge in [-0.25, -0.2) is 12.8 Å². The Morgan fingerprint density at radius 1 is 1.46 bits per heavy atom. The molecule has 0 unspecified atom stereocenters. The molecular formula is C15H14ClF4N3O4S. The zero-order valence-electron chi connectivity index (χ0n) is 14.2. The smallest absolute Gasteiger partial charge is 0.473 e. The molecule has 13 heteroatoms. The van der Waals surface area contributed by atoms with Gasteiger partial charge in [-0.15, -0.1) is 4.31 Å². The highest BCUT2D eigenvalue weighted by Gasteiger charge is 2.45. The Labute approximate surface area is 163 Å². The molecular weight excluding hydrogens is 430 g/mol. The Hall–Kier alpha value is -2.10. The average molecular weight is 444 g/mol. The molecule has 0 radical (unpaired) electrons. The molecule has 0 saturated heterocycles. The maximum absolute atomic E-state index is 14.0. The van der Waals surface area contributed by atoms with Crippen molar-refractivity contribution in [2.45, 2.75) is 37.6 Å².